The average molecular weight is 249 g/mol. The van der Waals surface area contributed by atoms with Crippen LogP contribution in [0.1, 0.15) is 23.2 Å². The number of imide groups is 1. The number of amides is 3. The number of nitrogens with one attached hydrogen (secondary N) is 3. The van der Waals surface area contributed by atoms with Gasteiger partial charge in [-0.25, -0.2) is 0 Å². The molecule has 2 rings (SSSR count). The quantitative estimate of drug-likeness (QED) is 0.579. The Balaban J connectivity index is 2.09. The zero-order valence-corrected chi connectivity index (χ0v) is 9.36. The molecule has 7 nitrogen and oxygen atoms in total. The molecule has 2 heterocycles. The molecule has 0 aliphatic carbocycles. The van der Waals surface area contributed by atoms with Crippen LogP contribution in [-0.2, 0) is 9.59 Å². The molecule has 1 unspecified atom stereocenters. The molecular formula is C11H11N3O4. The number of H-pyrrole nitrogens is 1. The van der Waals surface area contributed by atoms with Crippen LogP contribution >= 0.6 is 0 Å². The Morgan fingerprint density at radius 1 is 1.33 bits per heavy atom. The minimum atomic E-state index is -0.783. The van der Waals surface area contributed by atoms with Crippen LogP contribution in [0.15, 0.2) is 23.1 Å². The van der Waals surface area contributed by atoms with Gasteiger partial charge in [-0.15, -0.1) is 0 Å². The highest BCUT2D eigenvalue weighted by Crippen LogP contribution is 2.05. The van der Waals surface area contributed by atoms with Gasteiger partial charge in [-0.1, -0.05) is 0 Å². The van der Waals surface area contributed by atoms with Gasteiger partial charge >= 0.3 is 0 Å². The second-order valence-corrected chi connectivity index (χ2v) is 3.89. The lowest BCUT2D eigenvalue weighted by atomic mass is 10.1. The lowest BCUT2D eigenvalue weighted by Crippen LogP contribution is -2.52. The molecule has 1 aliphatic heterocycles. The number of piperidine rings is 1. The van der Waals surface area contributed by atoms with Crippen LogP contribution in [0.3, 0.4) is 0 Å². The van der Waals surface area contributed by atoms with Gasteiger partial charge in [-0.3, -0.25) is 24.5 Å². The Morgan fingerprint density at radius 3 is 2.78 bits per heavy atom. The highest BCUT2D eigenvalue weighted by molar-refractivity contribution is 6.03. The van der Waals surface area contributed by atoms with Crippen molar-refractivity contribution < 1.29 is 14.4 Å². The Hall–Kier alpha value is -2.44. The zero-order chi connectivity index (χ0) is 13.1. The van der Waals surface area contributed by atoms with Crippen LogP contribution in [0.5, 0.6) is 0 Å². The standard InChI is InChI=1S/C11H11N3O4/c15-8-4-3-7(11(18)14-8)13-10(17)6-2-1-5-12-9(6)16/h1-2,5,7H,3-4H2,(H,12,16)(H,13,17)(H,14,15,18). The van der Waals surface area contributed by atoms with Crippen LogP contribution in [0, 0.1) is 0 Å². The molecule has 0 spiro atoms. The lowest BCUT2D eigenvalue weighted by Gasteiger charge is -2.21. The number of carbonyl (C=O) groups excluding carboxylic acids is 3. The van der Waals surface area contributed by atoms with Gasteiger partial charge in [-0.2, -0.15) is 0 Å². The Kier molecular flexibility index (Phi) is 3.22. The summed E-state index contributed by atoms with van der Waals surface area (Å²) in [4.78, 5) is 47.8. The number of hydrogen-bond donors (Lipinski definition) is 3. The van der Waals surface area contributed by atoms with E-state index in [4.69, 9.17) is 0 Å². The van der Waals surface area contributed by atoms with E-state index in [1.165, 1.54) is 18.3 Å². The van der Waals surface area contributed by atoms with Gasteiger partial charge in [0.1, 0.15) is 11.6 Å². The number of aromatic nitrogens is 1. The van der Waals surface area contributed by atoms with E-state index in [9.17, 15) is 19.2 Å². The summed E-state index contributed by atoms with van der Waals surface area (Å²) in [7, 11) is 0. The van der Waals surface area contributed by atoms with Crippen LogP contribution in [0.4, 0.5) is 0 Å². The Labute approximate surface area is 102 Å². The van der Waals surface area contributed by atoms with E-state index in [1.807, 2.05) is 0 Å². The predicted octanol–water partition coefficient (Wildman–Crippen LogP) is -1.09. The maximum Gasteiger partial charge on any atom is 0.260 e. The van der Waals surface area contributed by atoms with E-state index in [1.54, 1.807) is 0 Å². The van der Waals surface area contributed by atoms with Gasteiger partial charge < -0.3 is 10.3 Å². The predicted molar refractivity (Wildman–Crippen MR) is 60.7 cm³/mol. The highest BCUT2D eigenvalue weighted by Gasteiger charge is 2.28. The summed E-state index contributed by atoms with van der Waals surface area (Å²) < 4.78 is 0. The van der Waals surface area contributed by atoms with Crippen LogP contribution in [-0.4, -0.2) is 28.7 Å². The van der Waals surface area contributed by atoms with Crippen molar-refractivity contribution in [3.05, 3.63) is 34.2 Å². The van der Waals surface area contributed by atoms with Crippen molar-refractivity contribution in [2.24, 2.45) is 0 Å². The first-order valence-corrected chi connectivity index (χ1v) is 5.40. The normalized spacial score (nSPS) is 19.2. The molecule has 0 radical (unpaired) electrons. The fraction of sp³-hybridized carbons (Fsp3) is 0.273. The van der Waals surface area contributed by atoms with Crippen molar-refractivity contribution in [1.29, 1.82) is 0 Å². The van der Waals surface area contributed by atoms with E-state index in [0.717, 1.165) is 0 Å². The summed E-state index contributed by atoms with van der Waals surface area (Å²) in [6.07, 6.45) is 1.81. The SMILES string of the molecule is O=C1CCC(NC(=O)c2ccc[nH]c2=O)C(=O)N1. The van der Waals surface area contributed by atoms with Crippen LogP contribution in [0.2, 0.25) is 0 Å². The number of aromatic amines is 1. The molecule has 1 aliphatic rings. The van der Waals surface area contributed by atoms with Crippen molar-refractivity contribution in [3.63, 3.8) is 0 Å². The van der Waals surface area contributed by atoms with E-state index < -0.39 is 23.4 Å². The molecule has 3 amide bonds. The fourth-order valence-electron chi connectivity index (χ4n) is 1.67. The molecule has 0 aromatic carbocycles. The summed E-state index contributed by atoms with van der Waals surface area (Å²) in [5, 5.41) is 4.55. The van der Waals surface area contributed by atoms with Crippen molar-refractivity contribution in [2.75, 3.05) is 0 Å². The van der Waals surface area contributed by atoms with Gasteiger partial charge in [0.25, 0.3) is 11.5 Å². The topological polar surface area (TPSA) is 108 Å². The molecule has 1 atom stereocenters. The van der Waals surface area contributed by atoms with Gasteiger partial charge in [0.05, 0.1) is 0 Å². The third-order valence-corrected chi connectivity index (χ3v) is 2.61. The monoisotopic (exact) mass is 249 g/mol. The Bertz CT molecular complexity index is 563. The van der Waals surface area contributed by atoms with Crippen molar-refractivity contribution >= 4 is 17.7 Å². The first-order chi connectivity index (χ1) is 8.58. The van der Waals surface area contributed by atoms with Gasteiger partial charge in [0, 0.05) is 12.6 Å². The van der Waals surface area contributed by atoms with Crippen molar-refractivity contribution in [3.8, 4) is 0 Å². The molecule has 94 valence electrons. The number of pyridine rings is 1. The second-order valence-electron chi connectivity index (χ2n) is 3.89. The molecule has 1 aromatic rings. The van der Waals surface area contributed by atoms with E-state index in [0.29, 0.717) is 0 Å². The molecule has 1 fully saturated rings. The fourth-order valence-corrected chi connectivity index (χ4v) is 1.67. The summed E-state index contributed by atoms with van der Waals surface area (Å²) in [5.74, 6) is -1.54. The molecule has 1 saturated heterocycles. The van der Waals surface area contributed by atoms with E-state index in [-0.39, 0.29) is 24.3 Å². The summed E-state index contributed by atoms with van der Waals surface area (Å²) in [6.45, 7) is 0. The molecule has 0 saturated carbocycles. The maximum atomic E-state index is 11.8. The molecule has 18 heavy (non-hydrogen) atoms. The third-order valence-electron chi connectivity index (χ3n) is 2.61. The molecular weight excluding hydrogens is 238 g/mol. The molecule has 7 heteroatoms. The van der Waals surface area contributed by atoms with E-state index >= 15 is 0 Å². The summed E-state index contributed by atoms with van der Waals surface area (Å²) in [5.41, 5.74) is -0.593. The number of carbonyl (C=O) groups is 3. The molecule has 0 bridgehead atoms. The van der Waals surface area contributed by atoms with Crippen molar-refractivity contribution in [1.82, 2.24) is 15.6 Å². The maximum absolute atomic E-state index is 11.8. The Morgan fingerprint density at radius 2 is 2.11 bits per heavy atom. The second kappa shape index (κ2) is 4.82. The van der Waals surface area contributed by atoms with Gasteiger partial charge in [0.15, 0.2) is 0 Å². The number of hydrogen-bond acceptors (Lipinski definition) is 4. The first kappa shape index (κ1) is 12.0. The largest absolute Gasteiger partial charge is 0.340 e. The van der Waals surface area contributed by atoms with Gasteiger partial charge in [0.2, 0.25) is 11.8 Å². The minimum Gasteiger partial charge on any atom is -0.340 e. The van der Waals surface area contributed by atoms with Crippen LogP contribution in [0.25, 0.3) is 0 Å². The molecule has 1 aromatic heterocycles. The first-order valence-electron chi connectivity index (χ1n) is 5.40. The molecule has 3 N–H and O–H groups in total. The van der Waals surface area contributed by atoms with Gasteiger partial charge in [-0.05, 0) is 18.6 Å². The van der Waals surface area contributed by atoms with E-state index in [2.05, 4.69) is 15.6 Å². The third kappa shape index (κ3) is 2.45. The zero-order valence-electron chi connectivity index (χ0n) is 9.36. The van der Waals surface area contributed by atoms with Crippen LogP contribution < -0.4 is 16.2 Å². The summed E-state index contributed by atoms with van der Waals surface area (Å²) in [6, 6.07) is 2.09. The lowest BCUT2D eigenvalue weighted by molar-refractivity contribution is -0.134. The highest BCUT2D eigenvalue weighted by atomic mass is 16.2. The smallest absolute Gasteiger partial charge is 0.260 e. The van der Waals surface area contributed by atoms with Crippen molar-refractivity contribution in [2.45, 2.75) is 18.9 Å². The summed E-state index contributed by atoms with van der Waals surface area (Å²) >= 11 is 0. The minimum absolute atomic E-state index is 0.0674. The average Bonchev–Trinajstić information content (AvgIpc) is 2.33. The number of rotatable bonds is 2.